The number of amides is 1. The highest BCUT2D eigenvalue weighted by Gasteiger charge is 2.51. The molecular weight excluding hydrogens is 330 g/mol. The third-order valence-corrected chi connectivity index (χ3v) is 6.69. The second-order valence-electron chi connectivity index (χ2n) is 5.40. The van der Waals surface area contributed by atoms with E-state index in [4.69, 9.17) is 17.7 Å². The molecule has 0 aliphatic rings. The molecule has 0 aliphatic carbocycles. The number of carboxylic acid groups (broad SMARTS) is 1. The highest BCUT2D eigenvalue weighted by atomic mass is 28.4. The Bertz CT molecular complexity index is 334. The van der Waals surface area contributed by atoms with Crippen molar-refractivity contribution in [2.24, 2.45) is 0 Å². The van der Waals surface area contributed by atoms with Crippen molar-refractivity contribution in [2.75, 3.05) is 32.9 Å². The summed E-state index contributed by atoms with van der Waals surface area (Å²) in [7, 11) is -3.25. The van der Waals surface area contributed by atoms with Crippen molar-refractivity contribution in [3.05, 3.63) is 0 Å². The minimum absolute atomic E-state index is 0.405. The molecule has 0 unspecified atom stereocenters. The van der Waals surface area contributed by atoms with Gasteiger partial charge in [-0.15, -0.1) is 0 Å². The van der Waals surface area contributed by atoms with Crippen LogP contribution in [0.5, 0.6) is 0 Å². The summed E-state index contributed by atoms with van der Waals surface area (Å²) in [5, 5.41) is 9.22. The Balaban J connectivity index is 5.31. The molecule has 7 nitrogen and oxygen atoms in total. The maximum Gasteiger partial charge on any atom is 0.680 e. The molecule has 8 heteroatoms. The van der Waals surface area contributed by atoms with E-state index in [0.29, 0.717) is 39.3 Å². The lowest BCUT2D eigenvalue weighted by molar-refractivity contribution is -0.0980. The van der Waals surface area contributed by atoms with Gasteiger partial charge in [-0.3, -0.25) is 0 Å². The third kappa shape index (κ3) is 7.06. The molecule has 24 heavy (non-hydrogen) atoms. The predicted molar refractivity (Wildman–Crippen MR) is 94.9 cm³/mol. The maximum atomic E-state index is 11.2. The van der Waals surface area contributed by atoms with E-state index in [1.54, 1.807) is 0 Å². The SMILES string of the molecule is CCO[Si](OCC)(OCC)OC(CC)(CC)CCN(CC)C(=O)O. The fourth-order valence-corrected chi connectivity index (χ4v) is 4.94. The number of nitrogens with zero attached hydrogens (tertiary/aromatic N) is 1. The van der Waals surface area contributed by atoms with Gasteiger partial charge in [-0.25, -0.2) is 4.79 Å². The summed E-state index contributed by atoms with van der Waals surface area (Å²) in [4.78, 5) is 12.6. The Morgan fingerprint density at radius 3 is 1.71 bits per heavy atom. The molecule has 0 aromatic carbocycles. The molecule has 1 N–H and O–H groups in total. The predicted octanol–water partition coefficient (Wildman–Crippen LogP) is 3.50. The molecule has 0 aromatic rings. The van der Waals surface area contributed by atoms with Gasteiger partial charge in [0, 0.05) is 32.9 Å². The van der Waals surface area contributed by atoms with Gasteiger partial charge in [0.2, 0.25) is 0 Å². The first kappa shape index (κ1) is 23.3. The van der Waals surface area contributed by atoms with Crippen LogP contribution in [-0.2, 0) is 17.7 Å². The van der Waals surface area contributed by atoms with E-state index in [1.807, 2.05) is 41.5 Å². The zero-order valence-corrected chi connectivity index (χ0v) is 17.1. The fourth-order valence-electron chi connectivity index (χ4n) is 2.54. The second-order valence-corrected chi connectivity index (χ2v) is 7.47. The summed E-state index contributed by atoms with van der Waals surface area (Å²) in [5.74, 6) is 0. The summed E-state index contributed by atoms with van der Waals surface area (Å²) in [6, 6.07) is 0. The van der Waals surface area contributed by atoms with Gasteiger partial charge in [0.25, 0.3) is 0 Å². The largest absolute Gasteiger partial charge is 0.680 e. The third-order valence-electron chi connectivity index (χ3n) is 4.08. The topological polar surface area (TPSA) is 77.5 Å². The summed E-state index contributed by atoms with van der Waals surface area (Å²) in [6.07, 6.45) is 1.11. The quantitative estimate of drug-likeness (QED) is 0.475. The van der Waals surface area contributed by atoms with E-state index in [0.717, 1.165) is 12.8 Å². The van der Waals surface area contributed by atoms with Crippen LogP contribution < -0.4 is 0 Å². The minimum Gasteiger partial charge on any atom is -0.465 e. The number of hydrogen-bond acceptors (Lipinski definition) is 5. The first-order valence-corrected chi connectivity index (χ1v) is 10.6. The van der Waals surface area contributed by atoms with Crippen molar-refractivity contribution < 1.29 is 27.6 Å². The molecule has 0 aromatic heterocycles. The van der Waals surface area contributed by atoms with Gasteiger partial charge >= 0.3 is 15.1 Å². The Kier molecular flexibility index (Phi) is 11.5. The number of carbonyl (C=O) groups is 1. The molecule has 0 rings (SSSR count). The summed E-state index contributed by atoms with van der Waals surface area (Å²) in [5.41, 5.74) is -0.533. The average Bonchev–Trinajstić information content (AvgIpc) is 2.54. The minimum atomic E-state index is -3.25. The van der Waals surface area contributed by atoms with Gasteiger partial charge in [0.15, 0.2) is 0 Å². The van der Waals surface area contributed by atoms with Crippen molar-refractivity contribution in [1.29, 1.82) is 0 Å². The Labute approximate surface area is 147 Å². The van der Waals surface area contributed by atoms with E-state index in [1.165, 1.54) is 4.90 Å². The van der Waals surface area contributed by atoms with E-state index >= 15 is 0 Å². The first-order valence-electron chi connectivity index (χ1n) is 8.97. The standard InChI is InChI=1S/C16H35NO6Si/c1-7-16(8-2,13-14-17(9-3)15(18)19)23-24(20-10-4,21-11-5)22-12-6/h7-14H2,1-6H3,(H,18,19). The maximum absolute atomic E-state index is 11.2. The number of rotatable bonds is 14. The van der Waals surface area contributed by atoms with Crippen LogP contribution >= 0.6 is 0 Å². The van der Waals surface area contributed by atoms with Gasteiger partial charge in [0.1, 0.15) is 0 Å². The van der Waals surface area contributed by atoms with Gasteiger partial charge in [-0.05, 0) is 47.0 Å². The smallest absolute Gasteiger partial charge is 0.465 e. The Morgan fingerprint density at radius 1 is 0.958 bits per heavy atom. The van der Waals surface area contributed by atoms with Crippen LogP contribution in [0.3, 0.4) is 0 Å². The fraction of sp³-hybridized carbons (Fsp3) is 0.938. The zero-order chi connectivity index (χ0) is 18.6. The van der Waals surface area contributed by atoms with Gasteiger partial charge in [0.05, 0.1) is 5.60 Å². The molecule has 0 atom stereocenters. The van der Waals surface area contributed by atoms with Crippen molar-refractivity contribution in [3.63, 3.8) is 0 Å². The molecule has 0 fully saturated rings. The van der Waals surface area contributed by atoms with Crippen LogP contribution in [-0.4, -0.2) is 63.7 Å². The summed E-state index contributed by atoms with van der Waals surface area (Å²) in [6.45, 7) is 13.7. The van der Waals surface area contributed by atoms with Gasteiger partial charge in [-0.1, -0.05) is 13.8 Å². The zero-order valence-electron chi connectivity index (χ0n) is 16.1. The van der Waals surface area contributed by atoms with Gasteiger partial charge < -0.3 is 27.7 Å². The van der Waals surface area contributed by atoms with Crippen LogP contribution in [0.1, 0.15) is 60.8 Å². The number of hydrogen-bond donors (Lipinski definition) is 1. The van der Waals surface area contributed by atoms with Crippen LogP contribution in [0, 0.1) is 0 Å². The molecule has 0 saturated carbocycles. The lowest BCUT2D eigenvalue weighted by atomic mass is 9.93. The Hall–Kier alpha value is -0.673. The molecular formula is C16H35NO6Si. The summed E-state index contributed by atoms with van der Waals surface area (Å²) < 4.78 is 23.8. The van der Waals surface area contributed by atoms with E-state index < -0.39 is 20.7 Å². The highest BCUT2D eigenvalue weighted by molar-refractivity contribution is 6.53. The molecule has 0 aliphatic heterocycles. The van der Waals surface area contributed by atoms with Crippen LogP contribution in [0.2, 0.25) is 0 Å². The molecule has 1 amide bonds. The lowest BCUT2D eigenvalue weighted by Crippen LogP contribution is -2.56. The van der Waals surface area contributed by atoms with Crippen molar-refractivity contribution in [3.8, 4) is 0 Å². The lowest BCUT2D eigenvalue weighted by Gasteiger charge is -2.40. The van der Waals surface area contributed by atoms with Crippen molar-refractivity contribution >= 4 is 15.1 Å². The molecule has 0 saturated heterocycles. The monoisotopic (exact) mass is 365 g/mol. The molecule has 0 spiro atoms. The first-order chi connectivity index (χ1) is 11.4. The molecule has 0 radical (unpaired) electrons. The normalized spacial score (nSPS) is 12.4. The average molecular weight is 366 g/mol. The molecule has 0 bridgehead atoms. The molecule has 144 valence electrons. The molecule has 0 heterocycles. The van der Waals surface area contributed by atoms with E-state index in [2.05, 4.69) is 0 Å². The van der Waals surface area contributed by atoms with E-state index in [9.17, 15) is 9.90 Å². The van der Waals surface area contributed by atoms with Crippen LogP contribution in [0.15, 0.2) is 0 Å². The summed E-state index contributed by atoms with van der Waals surface area (Å²) >= 11 is 0. The Morgan fingerprint density at radius 2 is 1.42 bits per heavy atom. The second kappa shape index (κ2) is 11.8. The van der Waals surface area contributed by atoms with Crippen LogP contribution in [0.4, 0.5) is 4.79 Å². The van der Waals surface area contributed by atoms with Gasteiger partial charge in [-0.2, -0.15) is 0 Å². The highest BCUT2D eigenvalue weighted by Crippen LogP contribution is 2.31. The van der Waals surface area contributed by atoms with Crippen LogP contribution in [0.25, 0.3) is 0 Å². The van der Waals surface area contributed by atoms with E-state index in [-0.39, 0.29) is 0 Å². The van der Waals surface area contributed by atoms with Crippen molar-refractivity contribution in [1.82, 2.24) is 4.90 Å². The van der Waals surface area contributed by atoms with Crippen molar-refractivity contribution in [2.45, 2.75) is 66.4 Å².